The minimum Gasteiger partial charge on any atom is -0.389 e. The standard InChI is InChI=1S/C15H24N2OS2/c18-15(5-7-19-8-6-15)11-16-9-13-10-17-14(20-13)12-3-1-2-4-12/h10,12,16,18H,1-9,11H2. The van der Waals surface area contributed by atoms with Crippen molar-refractivity contribution in [3.05, 3.63) is 16.1 Å². The van der Waals surface area contributed by atoms with E-state index in [9.17, 15) is 5.11 Å². The molecule has 0 spiro atoms. The van der Waals surface area contributed by atoms with Crippen LogP contribution >= 0.6 is 23.1 Å². The third kappa shape index (κ3) is 3.75. The molecule has 1 aliphatic carbocycles. The van der Waals surface area contributed by atoms with E-state index < -0.39 is 5.60 Å². The van der Waals surface area contributed by atoms with Crippen LogP contribution < -0.4 is 5.32 Å². The molecule has 5 heteroatoms. The number of thiazole rings is 1. The predicted octanol–water partition coefficient (Wildman–Crippen LogP) is 3.15. The van der Waals surface area contributed by atoms with Gasteiger partial charge in [0.1, 0.15) is 0 Å². The van der Waals surface area contributed by atoms with Crippen LogP contribution in [0.25, 0.3) is 0 Å². The van der Waals surface area contributed by atoms with E-state index in [-0.39, 0.29) is 0 Å². The first-order valence-corrected chi connectivity index (χ1v) is 9.68. The van der Waals surface area contributed by atoms with Crippen molar-refractivity contribution in [1.29, 1.82) is 0 Å². The first-order chi connectivity index (χ1) is 9.75. The molecule has 20 heavy (non-hydrogen) atoms. The van der Waals surface area contributed by atoms with Crippen LogP contribution in [0.3, 0.4) is 0 Å². The van der Waals surface area contributed by atoms with E-state index in [2.05, 4.69) is 10.3 Å². The van der Waals surface area contributed by atoms with Gasteiger partial charge in [0.05, 0.1) is 10.6 Å². The summed E-state index contributed by atoms with van der Waals surface area (Å²) < 4.78 is 0. The molecule has 1 aromatic rings. The summed E-state index contributed by atoms with van der Waals surface area (Å²) in [5.74, 6) is 2.89. The Balaban J connectivity index is 1.46. The highest BCUT2D eigenvalue weighted by molar-refractivity contribution is 7.99. The van der Waals surface area contributed by atoms with Crippen molar-refractivity contribution in [2.45, 2.75) is 56.6 Å². The summed E-state index contributed by atoms with van der Waals surface area (Å²) >= 11 is 3.81. The van der Waals surface area contributed by atoms with Gasteiger partial charge in [0.15, 0.2) is 0 Å². The fourth-order valence-corrected chi connectivity index (χ4v) is 5.42. The molecule has 3 nitrogen and oxygen atoms in total. The van der Waals surface area contributed by atoms with E-state index >= 15 is 0 Å². The van der Waals surface area contributed by atoms with Crippen molar-refractivity contribution in [3.63, 3.8) is 0 Å². The van der Waals surface area contributed by atoms with Gasteiger partial charge >= 0.3 is 0 Å². The molecular formula is C15H24N2OS2. The molecule has 2 N–H and O–H groups in total. The van der Waals surface area contributed by atoms with Crippen molar-refractivity contribution in [2.24, 2.45) is 0 Å². The van der Waals surface area contributed by atoms with E-state index in [0.717, 1.165) is 30.9 Å². The zero-order valence-corrected chi connectivity index (χ0v) is 13.6. The number of aromatic nitrogens is 1. The van der Waals surface area contributed by atoms with E-state index in [1.54, 1.807) is 0 Å². The van der Waals surface area contributed by atoms with Gasteiger partial charge in [0, 0.05) is 30.1 Å². The Hall–Kier alpha value is -0.100. The first-order valence-electron chi connectivity index (χ1n) is 7.71. The smallest absolute Gasteiger partial charge is 0.0959 e. The van der Waals surface area contributed by atoms with Gasteiger partial charge in [0.2, 0.25) is 0 Å². The molecule has 0 amide bonds. The van der Waals surface area contributed by atoms with Gasteiger partial charge in [-0.15, -0.1) is 11.3 Å². The highest BCUT2D eigenvalue weighted by Crippen LogP contribution is 2.36. The molecule has 2 aliphatic rings. The fourth-order valence-electron chi connectivity index (χ4n) is 3.11. The zero-order chi connectivity index (χ0) is 13.8. The maximum Gasteiger partial charge on any atom is 0.0959 e. The maximum atomic E-state index is 10.4. The van der Waals surface area contributed by atoms with Crippen LogP contribution in [0.15, 0.2) is 6.20 Å². The van der Waals surface area contributed by atoms with E-state index in [1.807, 2.05) is 29.3 Å². The van der Waals surface area contributed by atoms with Gasteiger partial charge in [-0.3, -0.25) is 0 Å². The molecule has 3 rings (SSSR count). The highest BCUT2D eigenvalue weighted by Gasteiger charge is 2.29. The quantitative estimate of drug-likeness (QED) is 0.877. The minimum atomic E-state index is -0.482. The van der Waals surface area contributed by atoms with Gasteiger partial charge in [-0.25, -0.2) is 4.98 Å². The number of rotatable bonds is 5. The number of hydrogen-bond donors (Lipinski definition) is 2. The lowest BCUT2D eigenvalue weighted by molar-refractivity contribution is 0.0321. The Morgan fingerprint density at radius 1 is 1.30 bits per heavy atom. The average molecular weight is 313 g/mol. The van der Waals surface area contributed by atoms with Crippen LogP contribution in [0.2, 0.25) is 0 Å². The lowest BCUT2D eigenvalue weighted by atomic mass is 9.97. The molecule has 112 valence electrons. The van der Waals surface area contributed by atoms with Crippen molar-refractivity contribution in [3.8, 4) is 0 Å². The maximum absolute atomic E-state index is 10.4. The molecule has 1 aliphatic heterocycles. The molecule has 2 heterocycles. The number of thioether (sulfide) groups is 1. The number of aliphatic hydroxyl groups is 1. The predicted molar refractivity (Wildman–Crippen MR) is 86.5 cm³/mol. The summed E-state index contributed by atoms with van der Waals surface area (Å²) in [7, 11) is 0. The average Bonchev–Trinajstić information content (AvgIpc) is 3.09. The molecule has 2 fully saturated rings. The third-order valence-electron chi connectivity index (χ3n) is 4.45. The second kappa shape index (κ2) is 6.77. The molecule has 1 saturated carbocycles. The van der Waals surface area contributed by atoms with Crippen LogP contribution in [-0.2, 0) is 6.54 Å². The number of nitrogens with zero attached hydrogens (tertiary/aromatic N) is 1. The normalized spacial score (nSPS) is 23.2. The Morgan fingerprint density at radius 2 is 2.05 bits per heavy atom. The highest BCUT2D eigenvalue weighted by atomic mass is 32.2. The lowest BCUT2D eigenvalue weighted by Crippen LogP contribution is -2.43. The Kier molecular flexibility index (Phi) is 5.02. The summed E-state index contributed by atoms with van der Waals surface area (Å²) in [6, 6.07) is 0. The van der Waals surface area contributed by atoms with Crippen LogP contribution in [0.4, 0.5) is 0 Å². The van der Waals surface area contributed by atoms with Gasteiger partial charge in [0.25, 0.3) is 0 Å². The largest absolute Gasteiger partial charge is 0.389 e. The van der Waals surface area contributed by atoms with E-state index in [4.69, 9.17) is 0 Å². The minimum absolute atomic E-state index is 0.482. The third-order valence-corrected chi connectivity index (χ3v) is 6.60. The monoisotopic (exact) mass is 312 g/mol. The molecule has 1 aromatic heterocycles. The Labute approximate surface area is 129 Å². The van der Waals surface area contributed by atoms with Crippen molar-refractivity contribution < 1.29 is 5.11 Å². The fraction of sp³-hybridized carbons (Fsp3) is 0.800. The van der Waals surface area contributed by atoms with Gasteiger partial charge < -0.3 is 10.4 Å². The summed E-state index contributed by atoms with van der Waals surface area (Å²) in [5.41, 5.74) is -0.482. The van der Waals surface area contributed by atoms with Gasteiger partial charge in [-0.05, 0) is 37.2 Å². The molecule has 1 saturated heterocycles. The molecule has 0 unspecified atom stereocenters. The first kappa shape index (κ1) is 14.8. The molecule has 0 radical (unpaired) electrons. The van der Waals surface area contributed by atoms with Gasteiger partial charge in [-0.1, -0.05) is 12.8 Å². The summed E-state index contributed by atoms with van der Waals surface area (Å²) in [6.45, 7) is 1.56. The van der Waals surface area contributed by atoms with Crippen molar-refractivity contribution >= 4 is 23.1 Å². The zero-order valence-electron chi connectivity index (χ0n) is 11.9. The van der Waals surface area contributed by atoms with E-state index in [0.29, 0.717) is 12.5 Å². The van der Waals surface area contributed by atoms with Crippen molar-refractivity contribution in [2.75, 3.05) is 18.1 Å². The second-order valence-corrected chi connectivity index (χ2v) is 8.46. The Bertz CT molecular complexity index is 423. The van der Waals surface area contributed by atoms with Crippen LogP contribution in [0.5, 0.6) is 0 Å². The van der Waals surface area contributed by atoms with Gasteiger partial charge in [-0.2, -0.15) is 11.8 Å². The molecule has 0 aromatic carbocycles. The second-order valence-electron chi connectivity index (χ2n) is 6.09. The molecule has 0 atom stereocenters. The summed E-state index contributed by atoms with van der Waals surface area (Å²) in [6.07, 6.45) is 9.22. The number of hydrogen-bond acceptors (Lipinski definition) is 5. The number of nitrogens with one attached hydrogen (secondary N) is 1. The SMILES string of the molecule is OC1(CNCc2cnc(C3CCCC3)s2)CCSCC1. The van der Waals surface area contributed by atoms with Crippen LogP contribution in [-0.4, -0.2) is 33.7 Å². The summed E-state index contributed by atoms with van der Waals surface area (Å²) in [4.78, 5) is 5.90. The van der Waals surface area contributed by atoms with Crippen molar-refractivity contribution in [1.82, 2.24) is 10.3 Å². The van der Waals surface area contributed by atoms with E-state index in [1.165, 1.54) is 35.6 Å². The summed E-state index contributed by atoms with van der Waals surface area (Å²) in [5, 5.41) is 15.2. The molecular weight excluding hydrogens is 288 g/mol. The van der Waals surface area contributed by atoms with Crippen LogP contribution in [0.1, 0.15) is 54.3 Å². The Morgan fingerprint density at radius 3 is 2.80 bits per heavy atom. The molecule has 0 bridgehead atoms. The topological polar surface area (TPSA) is 45.1 Å². The van der Waals surface area contributed by atoms with Crippen LogP contribution in [0, 0.1) is 0 Å². The lowest BCUT2D eigenvalue weighted by Gasteiger charge is -2.31.